The van der Waals surface area contributed by atoms with E-state index >= 15 is 0 Å². The number of aromatic nitrogens is 1. The zero-order valence-electron chi connectivity index (χ0n) is 12.5. The number of hydrogen-bond donors (Lipinski definition) is 2. The van der Waals surface area contributed by atoms with Crippen LogP contribution in [0.4, 0.5) is 11.5 Å². The van der Waals surface area contributed by atoms with Crippen LogP contribution in [0.25, 0.3) is 10.9 Å². The van der Waals surface area contributed by atoms with Crippen molar-refractivity contribution in [1.29, 1.82) is 0 Å². The van der Waals surface area contributed by atoms with Gasteiger partial charge in [0.05, 0.1) is 5.52 Å². The summed E-state index contributed by atoms with van der Waals surface area (Å²) >= 11 is 0. The summed E-state index contributed by atoms with van der Waals surface area (Å²) in [6.45, 7) is 5.51. The molecule has 1 aromatic heterocycles. The number of nitrogens with one attached hydrogen (secondary N) is 1. The Morgan fingerprint density at radius 1 is 1.20 bits per heavy atom. The van der Waals surface area contributed by atoms with E-state index < -0.39 is 0 Å². The van der Waals surface area contributed by atoms with E-state index in [4.69, 9.17) is 5.73 Å². The minimum absolute atomic E-state index is 0.735. The lowest BCUT2D eigenvalue weighted by Gasteiger charge is -2.15. The molecule has 1 unspecified atom stereocenters. The van der Waals surface area contributed by atoms with Crippen LogP contribution in [-0.4, -0.2) is 11.5 Å². The van der Waals surface area contributed by atoms with E-state index in [9.17, 15) is 0 Å². The van der Waals surface area contributed by atoms with Crippen molar-refractivity contribution < 1.29 is 0 Å². The van der Waals surface area contributed by atoms with Gasteiger partial charge in [-0.25, -0.2) is 4.98 Å². The Kier molecular flexibility index (Phi) is 5.22. The smallest absolute Gasteiger partial charge is 0.126 e. The number of nitrogens with zero attached hydrogens (tertiary/aromatic N) is 1. The number of nitrogen functional groups attached to an aromatic ring is 1. The van der Waals surface area contributed by atoms with Gasteiger partial charge in [0.15, 0.2) is 0 Å². The maximum atomic E-state index is 5.78. The van der Waals surface area contributed by atoms with Crippen molar-refractivity contribution in [3.8, 4) is 0 Å². The van der Waals surface area contributed by atoms with Gasteiger partial charge in [-0.1, -0.05) is 33.1 Å². The van der Waals surface area contributed by atoms with Gasteiger partial charge >= 0.3 is 0 Å². The van der Waals surface area contributed by atoms with Gasteiger partial charge in [-0.05, 0) is 42.7 Å². The number of unbranched alkanes of at least 4 members (excludes halogenated alkanes) is 1. The third-order valence-corrected chi connectivity index (χ3v) is 3.83. The molecule has 1 atom stereocenters. The number of hydrogen-bond acceptors (Lipinski definition) is 3. The lowest BCUT2D eigenvalue weighted by Crippen LogP contribution is -2.14. The molecule has 0 spiro atoms. The van der Waals surface area contributed by atoms with E-state index in [1.165, 1.54) is 25.7 Å². The Balaban J connectivity index is 2.00. The topological polar surface area (TPSA) is 50.9 Å². The minimum Gasteiger partial charge on any atom is -0.399 e. The molecular weight excluding hydrogens is 246 g/mol. The van der Waals surface area contributed by atoms with Gasteiger partial charge in [0.25, 0.3) is 0 Å². The molecule has 2 rings (SSSR count). The highest BCUT2D eigenvalue weighted by molar-refractivity contribution is 5.83. The molecule has 0 fully saturated rings. The molecule has 3 nitrogen and oxygen atoms in total. The van der Waals surface area contributed by atoms with Gasteiger partial charge in [0.1, 0.15) is 5.82 Å². The maximum absolute atomic E-state index is 5.78. The zero-order valence-corrected chi connectivity index (χ0v) is 12.5. The van der Waals surface area contributed by atoms with Crippen LogP contribution in [0.1, 0.15) is 39.5 Å². The second-order valence-corrected chi connectivity index (χ2v) is 5.45. The Morgan fingerprint density at radius 2 is 2.05 bits per heavy atom. The molecule has 0 aliphatic rings. The van der Waals surface area contributed by atoms with Crippen LogP contribution < -0.4 is 11.1 Å². The summed E-state index contributed by atoms with van der Waals surface area (Å²) in [6, 6.07) is 9.95. The molecule has 0 amide bonds. The number of rotatable bonds is 7. The second-order valence-electron chi connectivity index (χ2n) is 5.45. The van der Waals surface area contributed by atoms with Crippen LogP contribution in [0.15, 0.2) is 30.3 Å². The van der Waals surface area contributed by atoms with Gasteiger partial charge in [0, 0.05) is 17.6 Å². The first-order valence-electron chi connectivity index (χ1n) is 7.63. The molecule has 0 radical (unpaired) electrons. The van der Waals surface area contributed by atoms with E-state index in [-0.39, 0.29) is 0 Å². The Morgan fingerprint density at radius 3 is 2.80 bits per heavy atom. The SMILES string of the molecule is CCCCC(CC)CNc1ccc2cc(N)ccc2n1. The fraction of sp³-hybridized carbons (Fsp3) is 0.471. The molecule has 0 saturated carbocycles. The number of fused-ring (bicyclic) bond motifs is 1. The minimum atomic E-state index is 0.735. The van der Waals surface area contributed by atoms with Crippen LogP contribution in [0.2, 0.25) is 0 Å². The van der Waals surface area contributed by atoms with Gasteiger partial charge in [-0.2, -0.15) is 0 Å². The van der Waals surface area contributed by atoms with Crippen molar-refractivity contribution >= 4 is 22.4 Å². The van der Waals surface area contributed by atoms with E-state index in [0.717, 1.165) is 34.9 Å². The lowest BCUT2D eigenvalue weighted by atomic mass is 9.99. The molecule has 0 aliphatic carbocycles. The average Bonchev–Trinajstić information content (AvgIpc) is 2.47. The normalized spacial score (nSPS) is 12.5. The van der Waals surface area contributed by atoms with Crippen molar-refractivity contribution in [1.82, 2.24) is 4.98 Å². The predicted molar refractivity (Wildman–Crippen MR) is 88.0 cm³/mol. The fourth-order valence-electron chi connectivity index (χ4n) is 2.43. The zero-order chi connectivity index (χ0) is 14.4. The fourth-order valence-corrected chi connectivity index (χ4v) is 2.43. The molecule has 3 N–H and O–H groups in total. The lowest BCUT2D eigenvalue weighted by molar-refractivity contribution is 0.472. The maximum Gasteiger partial charge on any atom is 0.126 e. The number of pyridine rings is 1. The summed E-state index contributed by atoms with van der Waals surface area (Å²) in [4.78, 5) is 4.64. The summed E-state index contributed by atoms with van der Waals surface area (Å²) in [6.07, 6.45) is 5.10. The monoisotopic (exact) mass is 271 g/mol. The standard InChI is InChI=1S/C17H25N3/c1-3-5-6-13(4-2)12-19-17-10-7-14-11-15(18)8-9-16(14)20-17/h7-11,13H,3-6,12,18H2,1-2H3,(H,19,20). The van der Waals surface area contributed by atoms with Gasteiger partial charge in [-0.15, -0.1) is 0 Å². The van der Waals surface area contributed by atoms with Crippen molar-refractivity contribution in [3.63, 3.8) is 0 Å². The second kappa shape index (κ2) is 7.13. The first kappa shape index (κ1) is 14.6. The van der Waals surface area contributed by atoms with Crippen LogP contribution in [0, 0.1) is 5.92 Å². The quantitative estimate of drug-likeness (QED) is 0.732. The molecule has 2 aromatic rings. The molecule has 0 bridgehead atoms. The van der Waals surface area contributed by atoms with E-state index in [0.29, 0.717) is 0 Å². The van der Waals surface area contributed by atoms with Gasteiger partial charge in [0.2, 0.25) is 0 Å². The molecule has 0 aliphatic heterocycles. The van der Waals surface area contributed by atoms with Crippen LogP contribution in [0.3, 0.4) is 0 Å². The molecule has 3 heteroatoms. The molecule has 1 heterocycles. The highest BCUT2D eigenvalue weighted by Crippen LogP contribution is 2.19. The summed E-state index contributed by atoms with van der Waals surface area (Å²) in [5.74, 6) is 1.69. The molecule has 1 aromatic carbocycles. The first-order chi connectivity index (χ1) is 9.72. The highest BCUT2D eigenvalue weighted by Gasteiger charge is 2.06. The van der Waals surface area contributed by atoms with Crippen LogP contribution >= 0.6 is 0 Å². The first-order valence-corrected chi connectivity index (χ1v) is 7.63. The summed E-state index contributed by atoms with van der Waals surface area (Å²) in [7, 11) is 0. The number of anilines is 2. The number of benzene rings is 1. The Bertz CT molecular complexity index is 551. The predicted octanol–water partition coefficient (Wildman–Crippen LogP) is 4.45. The molecule has 20 heavy (non-hydrogen) atoms. The summed E-state index contributed by atoms with van der Waals surface area (Å²) < 4.78 is 0. The van der Waals surface area contributed by atoms with E-state index in [1.54, 1.807) is 0 Å². The third-order valence-electron chi connectivity index (χ3n) is 3.83. The van der Waals surface area contributed by atoms with E-state index in [1.807, 2.05) is 24.3 Å². The summed E-state index contributed by atoms with van der Waals surface area (Å²) in [5, 5.41) is 4.56. The Labute approximate surface area is 121 Å². The van der Waals surface area contributed by atoms with Crippen LogP contribution in [-0.2, 0) is 0 Å². The van der Waals surface area contributed by atoms with Gasteiger partial charge in [-0.3, -0.25) is 0 Å². The molecular formula is C17H25N3. The molecule has 0 saturated heterocycles. The Hall–Kier alpha value is -1.77. The van der Waals surface area contributed by atoms with Crippen molar-refractivity contribution in [2.45, 2.75) is 39.5 Å². The number of nitrogens with two attached hydrogens (primary N) is 1. The van der Waals surface area contributed by atoms with Gasteiger partial charge < -0.3 is 11.1 Å². The van der Waals surface area contributed by atoms with Crippen molar-refractivity contribution in [3.05, 3.63) is 30.3 Å². The van der Waals surface area contributed by atoms with Crippen molar-refractivity contribution in [2.24, 2.45) is 5.92 Å². The van der Waals surface area contributed by atoms with Crippen LogP contribution in [0.5, 0.6) is 0 Å². The molecule has 108 valence electrons. The summed E-state index contributed by atoms with van der Waals surface area (Å²) in [5.41, 5.74) is 7.56. The van der Waals surface area contributed by atoms with E-state index in [2.05, 4.69) is 30.2 Å². The average molecular weight is 271 g/mol. The highest BCUT2D eigenvalue weighted by atomic mass is 15.0. The van der Waals surface area contributed by atoms with Crippen molar-refractivity contribution in [2.75, 3.05) is 17.6 Å². The third kappa shape index (κ3) is 3.86. The largest absolute Gasteiger partial charge is 0.399 e.